The molecule has 0 spiro atoms. The molecule has 0 aliphatic carbocycles. The van der Waals surface area contributed by atoms with E-state index in [1.165, 1.54) is 81.4 Å². The van der Waals surface area contributed by atoms with Gasteiger partial charge >= 0.3 is 0 Å². The zero-order chi connectivity index (χ0) is 39.1. The molecule has 0 atom stereocenters. The van der Waals surface area contributed by atoms with E-state index in [4.69, 9.17) is 0 Å². The van der Waals surface area contributed by atoms with E-state index in [9.17, 15) is 0 Å². The van der Waals surface area contributed by atoms with Crippen molar-refractivity contribution in [1.29, 1.82) is 0 Å². The van der Waals surface area contributed by atoms with Gasteiger partial charge in [0.05, 0.1) is 15.7 Å². The van der Waals surface area contributed by atoms with Crippen LogP contribution in [-0.4, -0.2) is 4.57 Å². The summed E-state index contributed by atoms with van der Waals surface area (Å²) in [5, 5.41) is 2.57. The number of aromatic nitrogens is 1. The lowest BCUT2D eigenvalue weighted by Gasteiger charge is -2.26. The van der Waals surface area contributed by atoms with E-state index in [1.807, 2.05) is 11.3 Å². The third-order valence-corrected chi connectivity index (χ3v) is 12.7. The number of anilines is 3. The van der Waals surface area contributed by atoms with Gasteiger partial charge in [-0.05, 0) is 99.1 Å². The highest BCUT2D eigenvalue weighted by atomic mass is 32.1. The van der Waals surface area contributed by atoms with E-state index in [0.717, 1.165) is 17.1 Å². The summed E-state index contributed by atoms with van der Waals surface area (Å²) in [5.41, 5.74) is 16.7. The summed E-state index contributed by atoms with van der Waals surface area (Å²) in [6, 6.07) is 83.3. The predicted molar refractivity (Wildman–Crippen MR) is 253 cm³/mol. The average molecular weight is 771 g/mol. The number of para-hydroxylation sites is 2. The molecule has 0 aliphatic heterocycles. The molecule has 0 unspecified atom stereocenters. The third-order valence-electron chi connectivity index (χ3n) is 11.4. The smallest absolute Gasteiger partial charge is 0.0727 e. The van der Waals surface area contributed by atoms with Crippen LogP contribution in [0.25, 0.3) is 81.4 Å². The summed E-state index contributed by atoms with van der Waals surface area (Å²) in [6.07, 6.45) is 0. The third kappa shape index (κ3) is 6.29. The molecule has 9 aromatic carbocycles. The van der Waals surface area contributed by atoms with E-state index in [2.05, 4.69) is 240 Å². The Kier molecular flexibility index (Phi) is 8.72. The molecule has 2 aromatic heterocycles. The Hall–Kier alpha value is -7.46. The molecule has 2 heterocycles. The lowest BCUT2D eigenvalue weighted by Crippen LogP contribution is -2.10. The normalized spacial score (nSPS) is 11.4. The Labute approximate surface area is 348 Å². The van der Waals surface area contributed by atoms with Crippen molar-refractivity contribution in [3.8, 4) is 50.2 Å². The van der Waals surface area contributed by atoms with Crippen LogP contribution in [0.3, 0.4) is 0 Å². The van der Waals surface area contributed by atoms with Crippen molar-refractivity contribution in [1.82, 2.24) is 4.57 Å². The van der Waals surface area contributed by atoms with Crippen molar-refractivity contribution >= 4 is 59.6 Å². The van der Waals surface area contributed by atoms with E-state index in [-0.39, 0.29) is 0 Å². The highest BCUT2D eigenvalue weighted by Crippen LogP contribution is 2.46. The summed E-state index contributed by atoms with van der Waals surface area (Å²) >= 11 is 1.90. The molecule has 0 radical (unpaired) electrons. The van der Waals surface area contributed by atoms with Gasteiger partial charge in [-0.25, -0.2) is 0 Å². The zero-order valence-corrected chi connectivity index (χ0v) is 33.1. The Balaban J connectivity index is 0.990. The van der Waals surface area contributed by atoms with Crippen LogP contribution < -0.4 is 4.90 Å². The number of thiophene rings is 1. The number of fused-ring (bicyclic) bond motifs is 5. The lowest BCUT2D eigenvalue weighted by atomic mass is 9.99. The number of hydrogen-bond donors (Lipinski definition) is 0. The number of nitrogens with zero attached hydrogens (tertiary/aromatic N) is 2. The molecule has 11 aromatic rings. The first kappa shape index (κ1) is 34.8. The van der Waals surface area contributed by atoms with Gasteiger partial charge in [-0.2, -0.15) is 0 Å². The topological polar surface area (TPSA) is 8.17 Å². The van der Waals surface area contributed by atoms with Crippen LogP contribution >= 0.6 is 11.3 Å². The Bertz CT molecular complexity index is 3220. The minimum absolute atomic E-state index is 1.10. The van der Waals surface area contributed by atoms with E-state index >= 15 is 0 Å². The van der Waals surface area contributed by atoms with Gasteiger partial charge in [0.2, 0.25) is 0 Å². The first-order valence-corrected chi connectivity index (χ1v) is 20.9. The maximum absolute atomic E-state index is 2.43. The largest absolute Gasteiger partial charge is 0.310 e. The second-order valence-corrected chi connectivity index (χ2v) is 16.0. The van der Waals surface area contributed by atoms with E-state index in [0.29, 0.717) is 0 Å². The van der Waals surface area contributed by atoms with Crippen molar-refractivity contribution < 1.29 is 0 Å². The van der Waals surface area contributed by atoms with E-state index in [1.54, 1.807) is 0 Å². The monoisotopic (exact) mass is 770 g/mol. The van der Waals surface area contributed by atoms with Crippen LogP contribution in [0.1, 0.15) is 0 Å². The Morgan fingerprint density at radius 2 is 0.797 bits per heavy atom. The molecular weight excluding hydrogens is 733 g/mol. The molecule has 11 rings (SSSR count). The van der Waals surface area contributed by atoms with Gasteiger partial charge in [-0.1, -0.05) is 176 Å². The molecular formula is C56H38N2S. The highest BCUT2D eigenvalue weighted by molar-refractivity contribution is 7.27. The van der Waals surface area contributed by atoms with Gasteiger partial charge in [-0.15, -0.1) is 11.3 Å². The van der Waals surface area contributed by atoms with Crippen LogP contribution in [0.4, 0.5) is 17.1 Å². The van der Waals surface area contributed by atoms with Gasteiger partial charge in [-0.3, -0.25) is 0 Å². The van der Waals surface area contributed by atoms with Crippen molar-refractivity contribution in [2.75, 3.05) is 4.90 Å². The zero-order valence-electron chi connectivity index (χ0n) is 32.2. The summed E-state index contributed by atoms with van der Waals surface area (Å²) in [7, 11) is 0. The van der Waals surface area contributed by atoms with Gasteiger partial charge < -0.3 is 9.47 Å². The fraction of sp³-hybridized carbons (Fsp3) is 0. The fourth-order valence-corrected chi connectivity index (χ4v) is 9.90. The fourth-order valence-electron chi connectivity index (χ4n) is 8.55. The first-order chi connectivity index (χ1) is 29.3. The van der Waals surface area contributed by atoms with Gasteiger partial charge in [0.25, 0.3) is 0 Å². The van der Waals surface area contributed by atoms with Crippen LogP contribution in [0.15, 0.2) is 231 Å². The van der Waals surface area contributed by atoms with Gasteiger partial charge in [0.1, 0.15) is 0 Å². The quantitative estimate of drug-likeness (QED) is 0.149. The molecule has 3 heteroatoms. The number of hydrogen-bond acceptors (Lipinski definition) is 2. The van der Waals surface area contributed by atoms with Crippen LogP contribution in [-0.2, 0) is 0 Å². The molecule has 0 saturated carbocycles. The SMILES string of the molecule is c1ccc(-c2ccc(-c3ccc(N(c4ccc(-c5cccc6c5sc5c7ccccc7n(-c7ccccc7)c65)cc4)c4cccc(-c5ccccc5)c4)cc3)cc2)cc1. The summed E-state index contributed by atoms with van der Waals surface area (Å²) in [5.74, 6) is 0. The maximum atomic E-state index is 2.43. The highest BCUT2D eigenvalue weighted by Gasteiger charge is 2.20. The van der Waals surface area contributed by atoms with Gasteiger partial charge in [0, 0.05) is 38.2 Å². The standard InChI is InChI=1S/C56H38N2S/c1-4-14-39(15-5-1)41-26-28-42(29-27-41)43-30-34-47(35-31-43)57(49-21-12-18-45(38-49)40-16-6-2-7-17-40)48-36-32-44(33-37-48)50-23-13-24-52-54-56(59-55(50)52)51-22-10-11-25-53(51)58(54)46-19-8-3-9-20-46/h1-38H. The molecule has 0 N–H and O–H groups in total. The minimum Gasteiger partial charge on any atom is -0.310 e. The first-order valence-electron chi connectivity index (χ1n) is 20.1. The van der Waals surface area contributed by atoms with Crippen molar-refractivity contribution in [2.45, 2.75) is 0 Å². The van der Waals surface area contributed by atoms with Crippen molar-refractivity contribution in [3.05, 3.63) is 231 Å². The van der Waals surface area contributed by atoms with Crippen molar-refractivity contribution in [2.24, 2.45) is 0 Å². The molecule has 278 valence electrons. The molecule has 0 aliphatic rings. The van der Waals surface area contributed by atoms with E-state index < -0.39 is 0 Å². The molecule has 0 saturated heterocycles. The second-order valence-electron chi connectivity index (χ2n) is 14.9. The summed E-state index contributed by atoms with van der Waals surface area (Å²) in [4.78, 5) is 2.37. The Morgan fingerprint density at radius 3 is 1.44 bits per heavy atom. The molecule has 0 bridgehead atoms. The summed E-state index contributed by atoms with van der Waals surface area (Å²) in [6.45, 7) is 0. The van der Waals surface area contributed by atoms with Crippen LogP contribution in [0.5, 0.6) is 0 Å². The second kappa shape index (κ2) is 14.8. The van der Waals surface area contributed by atoms with Crippen LogP contribution in [0, 0.1) is 0 Å². The molecule has 59 heavy (non-hydrogen) atoms. The van der Waals surface area contributed by atoms with Crippen molar-refractivity contribution in [3.63, 3.8) is 0 Å². The molecule has 2 nitrogen and oxygen atoms in total. The van der Waals surface area contributed by atoms with Gasteiger partial charge in [0.15, 0.2) is 0 Å². The predicted octanol–water partition coefficient (Wildman–Crippen LogP) is 16.1. The minimum atomic E-state index is 1.10. The molecule has 0 amide bonds. The molecule has 0 fully saturated rings. The number of rotatable bonds is 8. The van der Waals surface area contributed by atoms with Crippen LogP contribution in [0.2, 0.25) is 0 Å². The lowest BCUT2D eigenvalue weighted by molar-refractivity contribution is 1.19. The maximum Gasteiger partial charge on any atom is 0.0727 e. The average Bonchev–Trinajstić information content (AvgIpc) is 3.86. The number of benzene rings is 9. The Morgan fingerprint density at radius 1 is 0.322 bits per heavy atom. The summed E-state index contributed by atoms with van der Waals surface area (Å²) < 4.78 is 5.06.